The van der Waals surface area contributed by atoms with Crippen molar-refractivity contribution in [1.29, 1.82) is 0 Å². The van der Waals surface area contributed by atoms with E-state index in [1.807, 2.05) is 0 Å². The Bertz CT molecular complexity index is 906. The fourth-order valence-corrected chi connectivity index (χ4v) is 5.35. The highest BCUT2D eigenvalue weighted by molar-refractivity contribution is 5.89. The van der Waals surface area contributed by atoms with Gasteiger partial charge in [0.15, 0.2) is 0 Å². The van der Waals surface area contributed by atoms with Crippen molar-refractivity contribution >= 4 is 22.7 Å². The van der Waals surface area contributed by atoms with Gasteiger partial charge in [0.2, 0.25) is 11.8 Å². The lowest BCUT2D eigenvalue weighted by molar-refractivity contribution is -0.144. The molecule has 0 spiro atoms. The van der Waals surface area contributed by atoms with Crippen molar-refractivity contribution in [1.82, 2.24) is 19.7 Å². The largest absolute Gasteiger partial charge is 0.345 e. The monoisotopic (exact) mass is 410 g/mol. The Balaban J connectivity index is 1.44. The van der Waals surface area contributed by atoms with E-state index in [4.69, 9.17) is 0 Å². The van der Waals surface area contributed by atoms with Crippen molar-refractivity contribution in [3.63, 3.8) is 0 Å². The van der Waals surface area contributed by atoms with E-state index in [1.54, 1.807) is 11.9 Å². The van der Waals surface area contributed by atoms with Gasteiger partial charge in [-0.1, -0.05) is 18.2 Å². The van der Waals surface area contributed by atoms with E-state index in [9.17, 15) is 9.59 Å². The van der Waals surface area contributed by atoms with E-state index in [-0.39, 0.29) is 23.9 Å². The number of carbonyl (C=O) groups is 2. The zero-order valence-corrected chi connectivity index (χ0v) is 18.3. The molecule has 1 aromatic heterocycles. The van der Waals surface area contributed by atoms with E-state index in [0.29, 0.717) is 13.1 Å². The SMILES string of the molecule is CCn1c(CC[C@@H]2CCCN2C(=O)[C@H]2CCCN2C(=O)CNC)cc2ccccc21. The summed E-state index contributed by atoms with van der Waals surface area (Å²) in [6, 6.07) is 10.9. The second-order valence-corrected chi connectivity index (χ2v) is 8.58. The maximum absolute atomic E-state index is 13.4. The van der Waals surface area contributed by atoms with Gasteiger partial charge in [-0.15, -0.1) is 0 Å². The summed E-state index contributed by atoms with van der Waals surface area (Å²) in [7, 11) is 1.77. The summed E-state index contributed by atoms with van der Waals surface area (Å²) in [5.41, 5.74) is 2.64. The van der Waals surface area contributed by atoms with Crippen molar-refractivity contribution in [3.8, 4) is 0 Å². The van der Waals surface area contributed by atoms with E-state index in [0.717, 1.165) is 51.6 Å². The van der Waals surface area contributed by atoms with Crippen molar-refractivity contribution in [2.24, 2.45) is 0 Å². The molecule has 0 unspecified atom stereocenters. The summed E-state index contributed by atoms with van der Waals surface area (Å²) in [5.74, 6) is 0.201. The van der Waals surface area contributed by atoms with Crippen molar-refractivity contribution in [3.05, 3.63) is 36.0 Å². The number of hydrogen-bond acceptors (Lipinski definition) is 3. The molecule has 6 nitrogen and oxygen atoms in total. The average molecular weight is 411 g/mol. The summed E-state index contributed by atoms with van der Waals surface area (Å²) < 4.78 is 2.39. The number of nitrogens with zero attached hydrogens (tertiary/aromatic N) is 3. The van der Waals surface area contributed by atoms with Gasteiger partial charge in [0.1, 0.15) is 6.04 Å². The fourth-order valence-electron chi connectivity index (χ4n) is 5.35. The predicted octanol–water partition coefficient (Wildman–Crippen LogP) is 2.80. The van der Waals surface area contributed by atoms with Crippen LogP contribution in [0.2, 0.25) is 0 Å². The van der Waals surface area contributed by atoms with Crippen LogP contribution in [0.1, 0.15) is 44.7 Å². The van der Waals surface area contributed by atoms with Crippen LogP contribution in [0.25, 0.3) is 10.9 Å². The van der Waals surface area contributed by atoms with Gasteiger partial charge in [-0.2, -0.15) is 0 Å². The number of rotatable bonds is 7. The van der Waals surface area contributed by atoms with Gasteiger partial charge in [0.25, 0.3) is 0 Å². The smallest absolute Gasteiger partial charge is 0.245 e. The Morgan fingerprint density at radius 3 is 2.67 bits per heavy atom. The van der Waals surface area contributed by atoms with Gasteiger partial charge in [-0.25, -0.2) is 0 Å². The minimum atomic E-state index is -0.270. The molecule has 2 aliphatic heterocycles. The number of hydrogen-bond donors (Lipinski definition) is 1. The zero-order chi connectivity index (χ0) is 21.1. The number of amides is 2. The first kappa shape index (κ1) is 20.9. The number of benzene rings is 1. The van der Waals surface area contributed by atoms with Crippen molar-refractivity contribution in [2.75, 3.05) is 26.7 Å². The molecule has 2 fully saturated rings. The van der Waals surface area contributed by atoms with Crippen LogP contribution < -0.4 is 5.32 Å². The summed E-state index contributed by atoms with van der Waals surface area (Å²) in [4.78, 5) is 29.6. The first-order chi connectivity index (χ1) is 14.6. The van der Waals surface area contributed by atoms with E-state index in [1.165, 1.54) is 16.6 Å². The third-order valence-corrected chi connectivity index (χ3v) is 6.79. The molecule has 162 valence electrons. The molecule has 0 bridgehead atoms. The second kappa shape index (κ2) is 9.21. The van der Waals surface area contributed by atoms with E-state index >= 15 is 0 Å². The van der Waals surface area contributed by atoms with Crippen LogP contribution in [0.5, 0.6) is 0 Å². The molecule has 0 aliphatic carbocycles. The summed E-state index contributed by atoms with van der Waals surface area (Å²) in [6.45, 7) is 4.98. The highest BCUT2D eigenvalue weighted by atomic mass is 16.2. The van der Waals surface area contributed by atoms with E-state index < -0.39 is 0 Å². The number of likely N-dealkylation sites (N-methyl/N-ethyl adjacent to an activating group) is 1. The lowest BCUT2D eigenvalue weighted by Gasteiger charge is -2.31. The molecule has 1 aromatic carbocycles. The van der Waals surface area contributed by atoms with Gasteiger partial charge < -0.3 is 19.7 Å². The molecule has 3 heterocycles. The number of nitrogens with one attached hydrogen (secondary N) is 1. The Labute approximate surface area is 179 Å². The molecule has 2 atom stereocenters. The lowest BCUT2D eigenvalue weighted by atomic mass is 10.1. The van der Waals surface area contributed by atoms with Crippen LogP contribution in [0.3, 0.4) is 0 Å². The van der Waals surface area contributed by atoms with Gasteiger partial charge in [-0.05, 0) is 70.0 Å². The molecule has 30 heavy (non-hydrogen) atoms. The highest BCUT2D eigenvalue weighted by Gasteiger charge is 2.39. The third-order valence-electron chi connectivity index (χ3n) is 6.79. The van der Waals surface area contributed by atoms with Crippen LogP contribution in [0.15, 0.2) is 30.3 Å². The van der Waals surface area contributed by atoms with Crippen LogP contribution in [-0.4, -0.2) is 64.9 Å². The molecule has 2 amide bonds. The Morgan fingerprint density at radius 1 is 1.10 bits per heavy atom. The molecule has 6 heteroatoms. The maximum Gasteiger partial charge on any atom is 0.245 e. The number of likely N-dealkylation sites (tertiary alicyclic amines) is 2. The molecular weight excluding hydrogens is 376 g/mol. The van der Waals surface area contributed by atoms with Crippen LogP contribution in [0.4, 0.5) is 0 Å². The van der Waals surface area contributed by atoms with Crippen molar-refractivity contribution < 1.29 is 9.59 Å². The first-order valence-electron chi connectivity index (χ1n) is 11.5. The van der Waals surface area contributed by atoms with Crippen LogP contribution >= 0.6 is 0 Å². The number of aryl methyl sites for hydroxylation is 2. The molecule has 2 aromatic rings. The minimum Gasteiger partial charge on any atom is -0.345 e. The average Bonchev–Trinajstić information content (AvgIpc) is 3.49. The topological polar surface area (TPSA) is 57.6 Å². The Hall–Kier alpha value is -2.34. The van der Waals surface area contributed by atoms with Gasteiger partial charge in [-0.3, -0.25) is 9.59 Å². The summed E-state index contributed by atoms with van der Waals surface area (Å²) in [6.07, 6.45) is 5.80. The normalized spacial score (nSPS) is 21.7. The summed E-state index contributed by atoms with van der Waals surface area (Å²) >= 11 is 0. The summed E-state index contributed by atoms with van der Waals surface area (Å²) in [5, 5.41) is 4.21. The maximum atomic E-state index is 13.4. The highest BCUT2D eigenvalue weighted by Crippen LogP contribution is 2.28. The van der Waals surface area contributed by atoms with E-state index in [2.05, 4.69) is 52.0 Å². The van der Waals surface area contributed by atoms with Gasteiger partial charge in [0.05, 0.1) is 6.54 Å². The Kier molecular flexibility index (Phi) is 6.42. The van der Waals surface area contributed by atoms with Crippen molar-refractivity contribution in [2.45, 2.75) is 64.1 Å². The third kappa shape index (κ3) is 3.97. The molecule has 4 rings (SSSR count). The minimum absolute atomic E-state index is 0.0385. The quantitative estimate of drug-likeness (QED) is 0.764. The van der Waals surface area contributed by atoms with Gasteiger partial charge in [0, 0.05) is 36.9 Å². The molecule has 0 saturated carbocycles. The van der Waals surface area contributed by atoms with Gasteiger partial charge >= 0.3 is 0 Å². The number of carbonyl (C=O) groups excluding carboxylic acids is 2. The molecule has 2 aliphatic rings. The number of fused-ring (bicyclic) bond motifs is 1. The Morgan fingerprint density at radius 2 is 1.87 bits per heavy atom. The number of para-hydroxylation sites is 1. The van der Waals surface area contributed by atoms with Crippen LogP contribution in [0, 0.1) is 0 Å². The predicted molar refractivity (Wildman–Crippen MR) is 119 cm³/mol. The second-order valence-electron chi connectivity index (χ2n) is 8.58. The zero-order valence-electron chi connectivity index (χ0n) is 18.3. The molecule has 2 saturated heterocycles. The standard InChI is InChI=1S/C24H34N4O2/c1-3-26-20(16-18-8-4-5-10-21(18)26)13-12-19-9-6-14-27(19)24(30)22-11-7-15-28(22)23(29)17-25-2/h4-5,8,10,16,19,22,25H,3,6-7,9,11-15,17H2,1-2H3/t19-,22+/m0/s1. The van der Waals surface area contributed by atoms with Crippen LogP contribution in [-0.2, 0) is 22.6 Å². The molecule has 1 N–H and O–H groups in total. The molecular formula is C24H34N4O2. The molecule has 0 radical (unpaired) electrons. The lowest BCUT2D eigenvalue weighted by Crippen LogP contribution is -2.50. The fraction of sp³-hybridized carbons (Fsp3) is 0.583. The number of aromatic nitrogens is 1. The first-order valence-corrected chi connectivity index (χ1v) is 11.5.